The first kappa shape index (κ1) is 15.6. The summed E-state index contributed by atoms with van der Waals surface area (Å²) in [5.74, 6) is -0.717. The summed E-state index contributed by atoms with van der Waals surface area (Å²) < 4.78 is 16.1. The second-order valence-electron chi connectivity index (χ2n) is 5.46. The van der Waals surface area contributed by atoms with Gasteiger partial charge in [0, 0.05) is 12.1 Å². The largest absolute Gasteiger partial charge is 0.317 e. The van der Waals surface area contributed by atoms with Crippen molar-refractivity contribution in [1.82, 2.24) is 4.57 Å². The van der Waals surface area contributed by atoms with Crippen LogP contribution in [0.3, 0.4) is 0 Å². The van der Waals surface area contributed by atoms with E-state index in [2.05, 4.69) is 31.0 Å². The summed E-state index contributed by atoms with van der Waals surface area (Å²) in [5, 5.41) is 0. The maximum atomic E-state index is 13.0. The summed E-state index contributed by atoms with van der Waals surface area (Å²) in [4.78, 5) is 17.2. The highest BCUT2D eigenvalue weighted by atomic mass is 32.1. The molecule has 1 heterocycles. The molecule has 0 fully saturated rings. The Balaban J connectivity index is 2.14. The van der Waals surface area contributed by atoms with Crippen LogP contribution in [-0.4, -0.2) is 10.5 Å². The summed E-state index contributed by atoms with van der Waals surface area (Å²) >= 11 is 1.50. The summed E-state index contributed by atoms with van der Waals surface area (Å²) in [5.41, 5.74) is 3.91. The van der Waals surface area contributed by atoms with Crippen LogP contribution in [0.25, 0.3) is 10.2 Å². The zero-order valence-electron chi connectivity index (χ0n) is 13.3. The van der Waals surface area contributed by atoms with Crippen LogP contribution in [0.4, 0.5) is 4.39 Å². The van der Waals surface area contributed by atoms with Crippen molar-refractivity contribution < 1.29 is 9.18 Å². The molecule has 118 valence electrons. The Bertz CT molecular complexity index is 952. The Morgan fingerprint density at radius 2 is 1.83 bits per heavy atom. The van der Waals surface area contributed by atoms with E-state index in [-0.39, 0.29) is 11.7 Å². The number of aryl methyl sites for hydroxylation is 3. The minimum atomic E-state index is -0.363. The Hall–Kier alpha value is -2.27. The number of fused-ring (bicyclic) bond motifs is 1. The van der Waals surface area contributed by atoms with Crippen LogP contribution in [0.1, 0.15) is 28.4 Å². The van der Waals surface area contributed by atoms with Gasteiger partial charge in [-0.15, -0.1) is 0 Å². The average Bonchev–Trinajstić information content (AvgIpc) is 2.84. The summed E-state index contributed by atoms with van der Waals surface area (Å²) in [6, 6.07) is 9.72. The number of amides is 1. The molecular formula is C18H17FN2OS. The number of nitrogens with zero attached hydrogens (tertiary/aromatic N) is 2. The van der Waals surface area contributed by atoms with Crippen molar-refractivity contribution in [2.24, 2.45) is 4.99 Å². The lowest BCUT2D eigenvalue weighted by atomic mass is 10.1. The number of carbonyl (C=O) groups excluding carboxylic acids is 1. The second kappa shape index (κ2) is 6.08. The van der Waals surface area contributed by atoms with Crippen molar-refractivity contribution in [2.45, 2.75) is 27.3 Å². The second-order valence-corrected chi connectivity index (χ2v) is 6.47. The van der Waals surface area contributed by atoms with Crippen LogP contribution in [-0.2, 0) is 6.54 Å². The van der Waals surface area contributed by atoms with E-state index >= 15 is 0 Å². The molecule has 0 unspecified atom stereocenters. The maximum Gasteiger partial charge on any atom is 0.279 e. The van der Waals surface area contributed by atoms with Crippen LogP contribution < -0.4 is 4.80 Å². The minimum absolute atomic E-state index is 0.354. The van der Waals surface area contributed by atoms with Crippen molar-refractivity contribution in [3.63, 3.8) is 0 Å². The third-order valence-corrected chi connectivity index (χ3v) is 4.94. The minimum Gasteiger partial charge on any atom is -0.317 e. The predicted octanol–water partition coefficient (Wildman–Crippen LogP) is 4.22. The van der Waals surface area contributed by atoms with Crippen molar-refractivity contribution in [2.75, 3.05) is 0 Å². The SMILES string of the molecule is CCn1c(=NC(=O)c2ccc(F)cc2)sc2cc(C)c(C)cc21. The summed E-state index contributed by atoms with van der Waals surface area (Å²) in [6.45, 7) is 6.92. The first-order chi connectivity index (χ1) is 11.0. The molecule has 3 nitrogen and oxygen atoms in total. The zero-order chi connectivity index (χ0) is 16.6. The highest BCUT2D eigenvalue weighted by Crippen LogP contribution is 2.22. The Morgan fingerprint density at radius 1 is 1.17 bits per heavy atom. The molecule has 1 amide bonds. The standard InChI is InChI=1S/C18H17FN2OS/c1-4-21-15-9-11(2)12(3)10-16(15)23-18(21)20-17(22)13-5-7-14(19)8-6-13/h5-10H,4H2,1-3H3. The van der Waals surface area contributed by atoms with Crippen LogP contribution in [0, 0.1) is 19.7 Å². The van der Waals surface area contributed by atoms with Gasteiger partial charge in [0.05, 0.1) is 10.2 Å². The molecule has 0 N–H and O–H groups in total. The number of hydrogen-bond acceptors (Lipinski definition) is 2. The number of rotatable bonds is 2. The Morgan fingerprint density at radius 3 is 2.48 bits per heavy atom. The van der Waals surface area contributed by atoms with Crippen molar-refractivity contribution in [3.05, 3.63) is 63.7 Å². The molecular weight excluding hydrogens is 311 g/mol. The highest BCUT2D eigenvalue weighted by molar-refractivity contribution is 7.16. The fourth-order valence-corrected chi connectivity index (χ4v) is 3.63. The number of benzene rings is 2. The zero-order valence-corrected chi connectivity index (χ0v) is 14.1. The van der Waals surface area contributed by atoms with Gasteiger partial charge in [-0.1, -0.05) is 11.3 Å². The van der Waals surface area contributed by atoms with Crippen LogP contribution in [0.15, 0.2) is 41.4 Å². The van der Waals surface area contributed by atoms with E-state index in [4.69, 9.17) is 0 Å². The topological polar surface area (TPSA) is 34.4 Å². The molecule has 0 aliphatic carbocycles. The quantitative estimate of drug-likeness (QED) is 0.693. The summed E-state index contributed by atoms with van der Waals surface area (Å²) in [6.07, 6.45) is 0. The van der Waals surface area contributed by atoms with Gasteiger partial charge in [0.2, 0.25) is 0 Å². The molecule has 0 atom stereocenters. The first-order valence-corrected chi connectivity index (χ1v) is 8.26. The predicted molar refractivity (Wildman–Crippen MR) is 91.3 cm³/mol. The maximum absolute atomic E-state index is 13.0. The number of carbonyl (C=O) groups is 1. The van der Waals surface area contributed by atoms with E-state index in [9.17, 15) is 9.18 Å². The molecule has 0 spiro atoms. The van der Waals surface area contributed by atoms with E-state index in [0.717, 1.165) is 16.8 Å². The fourth-order valence-electron chi connectivity index (χ4n) is 2.46. The van der Waals surface area contributed by atoms with Crippen LogP contribution in [0.5, 0.6) is 0 Å². The molecule has 23 heavy (non-hydrogen) atoms. The first-order valence-electron chi connectivity index (χ1n) is 7.45. The molecule has 5 heteroatoms. The molecule has 3 aromatic rings. The normalized spacial score (nSPS) is 12.1. The van der Waals surface area contributed by atoms with Crippen LogP contribution >= 0.6 is 11.3 Å². The molecule has 2 aromatic carbocycles. The van der Waals surface area contributed by atoms with Gasteiger partial charge in [0.25, 0.3) is 5.91 Å². The number of aromatic nitrogens is 1. The molecule has 0 saturated carbocycles. The molecule has 1 aromatic heterocycles. The van der Waals surface area contributed by atoms with Crippen molar-refractivity contribution >= 4 is 27.5 Å². The third kappa shape index (κ3) is 2.97. The molecule has 3 rings (SSSR count). The number of thiazole rings is 1. The van der Waals surface area contributed by atoms with Gasteiger partial charge in [-0.2, -0.15) is 4.99 Å². The lowest BCUT2D eigenvalue weighted by Gasteiger charge is -2.03. The Labute approximate surface area is 137 Å². The van der Waals surface area contributed by atoms with Gasteiger partial charge < -0.3 is 4.57 Å². The lowest BCUT2D eigenvalue weighted by molar-refractivity contribution is 0.0998. The molecule has 0 bridgehead atoms. The molecule has 0 saturated heterocycles. The van der Waals surface area contributed by atoms with Crippen molar-refractivity contribution in [3.8, 4) is 0 Å². The smallest absolute Gasteiger partial charge is 0.279 e. The van der Waals surface area contributed by atoms with Gasteiger partial charge in [-0.25, -0.2) is 4.39 Å². The fraction of sp³-hybridized carbons (Fsp3) is 0.222. The van der Waals surface area contributed by atoms with Crippen molar-refractivity contribution in [1.29, 1.82) is 0 Å². The third-order valence-electron chi connectivity index (χ3n) is 3.90. The van der Waals surface area contributed by atoms with Gasteiger partial charge >= 0.3 is 0 Å². The monoisotopic (exact) mass is 328 g/mol. The van der Waals surface area contributed by atoms with Gasteiger partial charge in [0.1, 0.15) is 5.82 Å². The number of hydrogen-bond donors (Lipinski definition) is 0. The van der Waals surface area contributed by atoms with Gasteiger partial charge in [-0.3, -0.25) is 4.79 Å². The highest BCUT2D eigenvalue weighted by Gasteiger charge is 2.09. The summed E-state index contributed by atoms with van der Waals surface area (Å²) in [7, 11) is 0. The van der Waals surface area contributed by atoms with Gasteiger partial charge in [0.15, 0.2) is 4.80 Å². The van der Waals surface area contributed by atoms with E-state index in [0.29, 0.717) is 10.4 Å². The average molecular weight is 328 g/mol. The lowest BCUT2D eigenvalue weighted by Crippen LogP contribution is -2.15. The molecule has 0 aliphatic heterocycles. The number of halogens is 1. The van der Waals surface area contributed by atoms with Gasteiger partial charge in [-0.05, 0) is 68.3 Å². The van der Waals surface area contributed by atoms with E-state index < -0.39 is 0 Å². The molecule has 0 radical (unpaired) electrons. The van der Waals surface area contributed by atoms with E-state index in [1.54, 1.807) is 0 Å². The Kier molecular flexibility index (Phi) is 4.13. The van der Waals surface area contributed by atoms with E-state index in [1.807, 2.05) is 11.5 Å². The molecule has 0 aliphatic rings. The van der Waals surface area contributed by atoms with E-state index in [1.165, 1.54) is 46.7 Å². The van der Waals surface area contributed by atoms with Crippen LogP contribution in [0.2, 0.25) is 0 Å².